The van der Waals surface area contributed by atoms with Crippen LogP contribution in [0.4, 0.5) is 0 Å². The van der Waals surface area contributed by atoms with Gasteiger partial charge in [-0.15, -0.1) is 0 Å². The summed E-state index contributed by atoms with van der Waals surface area (Å²) in [5, 5.41) is 0. The van der Waals surface area contributed by atoms with Gasteiger partial charge in [0.05, 0.1) is 10.1 Å². The Morgan fingerprint density at radius 3 is 1.64 bits per heavy atom. The second kappa shape index (κ2) is 18.7. The van der Waals surface area contributed by atoms with Gasteiger partial charge in [-0.25, -0.2) is 8.42 Å². The van der Waals surface area contributed by atoms with Gasteiger partial charge in [-0.2, -0.15) is 0 Å². The van der Waals surface area contributed by atoms with Crippen molar-refractivity contribution in [1.82, 2.24) is 0 Å². The van der Waals surface area contributed by atoms with Gasteiger partial charge in [0.1, 0.15) is 11.5 Å². The van der Waals surface area contributed by atoms with Crippen LogP contribution in [0.2, 0.25) is 0 Å². The molecule has 0 saturated heterocycles. The fourth-order valence-corrected chi connectivity index (χ4v) is 5.26. The van der Waals surface area contributed by atoms with Crippen LogP contribution < -0.4 is 0 Å². The summed E-state index contributed by atoms with van der Waals surface area (Å²) >= 11 is 0. The lowest BCUT2D eigenvalue weighted by Crippen LogP contribution is -2.22. The smallest absolute Gasteiger partial charge is 0.181 e. The molecule has 0 fully saturated rings. The third-order valence-corrected chi connectivity index (χ3v) is 7.00. The minimum absolute atomic E-state index is 0.219. The van der Waals surface area contributed by atoms with Crippen molar-refractivity contribution in [2.45, 2.75) is 91.9 Å². The van der Waals surface area contributed by atoms with E-state index < -0.39 is 10.1 Å². The number of hydrogen-bond acceptors (Lipinski definition) is 4. The highest BCUT2D eigenvalue weighted by Gasteiger charge is 2.20. The number of unbranched alkanes of at least 4 members (excludes halogenated alkanes) is 5. The zero-order valence-corrected chi connectivity index (χ0v) is 18.5. The monoisotopic (exact) mass is 396 g/mol. The van der Waals surface area contributed by atoms with Crippen LogP contribution >= 0.6 is 0 Å². The second-order valence-corrected chi connectivity index (χ2v) is 10.3. The fraction of sp³-hybridized carbons (Fsp3) is 0.947. The normalized spacial score (nSPS) is 11.3. The fourth-order valence-electron chi connectivity index (χ4n) is 2.14. The van der Waals surface area contributed by atoms with Crippen molar-refractivity contribution in [2.24, 2.45) is 0 Å². The molecule has 0 saturated carbocycles. The van der Waals surface area contributed by atoms with E-state index >= 15 is 0 Å². The number of ketones is 1. The van der Waals surface area contributed by atoms with Crippen LogP contribution in [0.15, 0.2) is 0 Å². The maximum atomic E-state index is 11.9. The van der Waals surface area contributed by atoms with Crippen LogP contribution in [0.25, 0.3) is 0 Å². The summed E-state index contributed by atoms with van der Waals surface area (Å²) in [6.07, 6.45) is 10.7. The first kappa shape index (κ1) is 27.2. The van der Waals surface area contributed by atoms with Gasteiger partial charge in [0, 0.05) is 12.2 Å². The van der Waals surface area contributed by atoms with Gasteiger partial charge in [0.15, 0.2) is 11.5 Å². The molecule has 0 aliphatic carbocycles. The number of hydrogen-bond donors (Lipinski definition) is 0. The lowest BCUT2D eigenvalue weighted by atomic mass is 10.2. The molecule has 0 heterocycles. The molecule has 25 heavy (non-hydrogen) atoms. The van der Waals surface area contributed by atoms with Gasteiger partial charge < -0.3 is 4.55 Å². The molecular formula is C19H40O4S2. The number of rotatable bonds is 15. The van der Waals surface area contributed by atoms with Crippen molar-refractivity contribution in [3.8, 4) is 0 Å². The molecule has 0 amide bonds. The Morgan fingerprint density at radius 1 is 0.800 bits per heavy atom. The Balaban J connectivity index is 0. The highest BCUT2D eigenvalue weighted by atomic mass is 32.2. The van der Waals surface area contributed by atoms with Crippen LogP contribution in [-0.2, 0) is 25.8 Å². The van der Waals surface area contributed by atoms with E-state index in [1.807, 2.05) is 6.92 Å². The highest BCUT2D eigenvalue weighted by Crippen LogP contribution is 2.09. The number of carbonyl (C=O) groups is 1. The third-order valence-electron chi connectivity index (χ3n) is 3.75. The van der Waals surface area contributed by atoms with Crippen molar-refractivity contribution in [3.05, 3.63) is 0 Å². The molecular weight excluding hydrogens is 356 g/mol. The molecule has 0 aromatic rings. The van der Waals surface area contributed by atoms with Gasteiger partial charge in [-0.3, -0.25) is 4.79 Å². The molecule has 0 aromatic carbocycles. The van der Waals surface area contributed by atoms with Crippen LogP contribution in [0, 0.1) is 0 Å². The molecule has 0 unspecified atom stereocenters. The minimum atomic E-state index is -3.94. The molecule has 0 radical (unpaired) electrons. The van der Waals surface area contributed by atoms with Gasteiger partial charge in [-0.1, -0.05) is 59.8 Å². The average molecular weight is 397 g/mol. The molecule has 0 spiro atoms. The highest BCUT2D eigenvalue weighted by molar-refractivity contribution is 7.97. The van der Waals surface area contributed by atoms with Crippen molar-refractivity contribution in [3.63, 3.8) is 0 Å². The maximum absolute atomic E-state index is 11.9. The minimum Gasteiger partial charge on any atom is -0.748 e. The molecule has 0 rings (SSSR count). The van der Waals surface area contributed by atoms with Crippen molar-refractivity contribution in [2.75, 3.05) is 23.0 Å². The molecule has 0 aliphatic rings. The quantitative estimate of drug-likeness (QED) is 0.229. The van der Waals surface area contributed by atoms with E-state index in [-0.39, 0.29) is 5.75 Å². The number of Topliss-reactive ketones (excluding diaryl/α,β-unsaturated/α-hetero) is 1. The lowest BCUT2D eigenvalue weighted by Gasteiger charge is -2.07. The van der Waals surface area contributed by atoms with Gasteiger partial charge >= 0.3 is 0 Å². The Kier molecular flexibility index (Phi) is 20.3. The Labute approximate surface area is 159 Å². The second-order valence-electron chi connectivity index (χ2n) is 6.48. The Morgan fingerprint density at radius 2 is 1.28 bits per heavy atom. The zero-order chi connectivity index (χ0) is 19.6. The van der Waals surface area contributed by atoms with Gasteiger partial charge in [0.2, 0.25) is 0 Å². The van der Waals surface area contributed by atoms with Crippen LogP contribution in [0.5, 0.6) is 0 Å². The summed E-state index contributed by atoms with van der Waals surface area (Å²) in [5.41, 5.74) is 0. The van der Waals surface area contributed by atoms with Crippen molar-refractivity contribution >= 4 is 26.8 Å². The summed E-state index contributed by atoms with van der Waals surface area (Å²) in [5.74, 6) is 3.76. The topological polar surface area (TPSA) is 74.3 Å². The first-order chi connectivity index (χ1) is 11.8. The molecule has 0 aromatic heterocycles. The largest absolute Gasteiger partial charge is 0.748 e. The van der Waals surface area contributed by atoms with E-state index in [2.05, 4.69) is 20.8 Å². The zero-order valence-electron chi connectivity index (χ0n) is 16.8. The van der Waals surface area contributed by atoms with Crippen molar-refractivity contribution in [1.29, 1.82) is 0 Å². The van der Waals surface area contributed by atoms with E-state index in [9.17, 15) is 17.8 Å². The van der Waals surface area contributed by atoms with Crippen molar-refractivity contribution < 1.29 is 17.8 Å². The van der Waals surface area contributed by atoms with E-state index in [1.54, 1.807) is 0 Å². The summed E-state index contributed by atoms with van der Waals surface area (Å²) in [4.78, 5) is 11.9. The summed E-state index contributed by atoms with van der Waals surface area (Å²) in [7, 11) is -3.55. The molecule has 0 bridgehead atoms. The first-order valence-corrected chi connectivity index (χ1v) is 13.2. The molecule has 4 nitrogen and oxygen atoms in total. The number of carbonyl (C=O) groups excluding carboxylic acids is 1. The Bertz CT molecular complexity index is 386. The van der Waals surface area contributed by atoms with Gasteiger partial charge in [-0.05, 0) is 36.6 Å². The SMILES string of the molecule is CCCCCC(=O)C[S+](CCCC)CCCC.CCCCS(=O)(=O)[O-]. The molecule has 6 heteroatoms. The Hall–Kier alpha value is -0.0700. The average Bonchev–Trinajstić information content (AvgIpc) is 2.55. The van der Waals surface area contributed by atoms with Crippen LogP contribution in [0.3, 0.4) is 0 Å². The molecule has 0 atom stereocenters. The maximum Gasteiger partial charge on any atom is 0.181 e. The standard InChI is InChI=1S/C15H31OS.C4H10O3S/c1-4-7-10-11-15(16)14-17(12-8-5-2)13-9-6-3;1-2-3-4-8(5,6)7/h4-14H2,1-3H3;2-4H2,1H3,(H,5,6,7)/q+1;/p-1. The molecule has 0 aliphatic heterocycles. The van der Waals surface area contributed by atoms with Crippen LogP contribution in [-0.4, -0.2) is 41.8 Å². The van der Waals surface area contributed by atoms with E-state index in [1.165, 1.54) is 50.0 Å². The summed E-state index contributed by atoms with van der Waals surface area (Å²) in [6, 6.07) is 0. The van der Waals surface area contributed by atoms with Crippen LogP contribution in [0.1, 0.15) is 91.9 Å². The molecule has 0 N–H and O–H groups in total. The van der Waals surface area contributed by atoms with E-state index in [0.717, 1.165) is 25.0 Å². The molecule has 152 valence electrons. The third kappa shape index (κ3) is 23.9. The van der Waals surface area contributed by atoms with Gasteiger partial charge in [0.25, 0.3) is 0 Å². The summed E-state index contributed by atoms with van der Waals surface area (Å²) < 4.78 is 29.5. The lowest BCUT2D eigenvalue weighted by molar-refractivity contribution is -0.116. The van der Waals surface area contributed by atoms with E-state index in [4.69, 9.17) is 0 Å². The predicted octanol–water partition coefficient (Wildman–Crippen LogP) is 4.69. The first-order valence-electron chi connectivity index (χ1n) is 9.89. The summed E-state index contributed by atoms with van der Waals surface area (Å²) in [6.45, 7) is 8.51. The predicted molar refractivity (Wildman–Crippen MR) is 110 cm³/mol. The van der Waals surface area contributed by atoms with E-state index in [0.29, 0.717) is 23.1 Å².